The number of halogens is 1. The van der Waals surface area contributed by atoms with Crippen molar-refractivity contribution < 1.29 is 4.92 Å². The number of nitro benzene ring substituents is 1. The third-order valence-electron chi connectivity index (χ3n) is 1.25. The van der Waals surface area contributed by atoms with Crippen molar-refractivity contribution in [2.24, 2.45) is 0 Å². The van der Waals surface area contributed by atoms with E-state index in [2.05, 4.69) is 12.8 Å². The maximum absolute atomic E-state index is 10.3. The first-order valence-electron chi connectivity index (χ1n) is 3.00. The molecule has 12 heavy (non-hydrogen) atoms. The van der Waals surface area contributed by atoms with E-state index < -0.39 is 4.92 Å². The zero-order valence-corrected chi connectivity index (χ0v) is 7.50. The number of nitrogens with zero attached hydrogens (tertiary/aromatic N) is 2. The van der Waals surface area contributed by atoms with Crippen LogP contribution < -0.4 is 3.82 Å². The van der Waals surface area contributed by atoms with Crippen molar-refractivity contribution in [1.82, 2.24) is 0 Å². The van der Waals surface area contributed by atoms with Crippen molar-refractivity contribution in [2.75, 3.05) is 3.82 Å². The highest BCUT2D eigenvalue weighted by molar-refractivity contribution is 7.83. The molecule has 1 aromatic rings. The number of benzene rings is 1. The lowest BCUT2D eigenvalue weighted by Crippen LogP contribution is -1.93. The number of thiol groups is 1. The maximum atomic E-state index is 10.3. The average Bonchev–Trinajstić information content (AvgIpc) is 2.04. The van der Waals surface area contributed by atoms with Gasteiger partial charge in [-0.25, -0.2) is 3.82 Å². The molecule has 0 heterocycles. The Morgan fingerprint density at radius 1 is 1.58 bits per heavy atom. The molecule has 0 saturated carbocycles. The second-order valence-corrected chi connectivity index (χ2v) is 3.01. The molecule has 6 heteroatoms. The molecule has 64 valence electrons. The van der Waals surface area contributed by atoms with Gasteiger partial charge in [0.1, 0.15) is 0 Å². The molecular weight excluding hydrogens is 200 g/mol. The summed E-state index contributed by atoms with van der Waals surface area (Å²) in [5, 5.41) is 10.3. The lowest BCUT2D eigenvalue weighted by Gasteiger charge is -2.05. The normalized spacial score (nSPS) is 9.50. The van der Waals surface area contributed by atoms with Crippen LogP contribution in [0.1, 0.15) is 0 Å². The summed E-state index contributed by atoms with van der Waals surface area (Å²) in [5.41, 5.74) is 0.460. The van der Waals surface area contributed by atoms with Crippen LogP contribution in [0.2, 0.25) is 0 Å². The average molecular weight is 205 g/mol. The lowest BCUT2D eigenvalue weighted by molar-refractivity contribution is -0.384. The van der Waals surface area contributed by atoms with Crippen molar-refractivity contribution >= 4 is 36.0 Å². The topological polar surface area (TPSA) is 46.4 Å². The van der Waals surface area contributed by atoms with Gasteiger partial charge in [-0.05, 0) is 18.9 Å². The number of anilines is 1. The highest BCUT2D eigenvalue weighted by Gasteiger charge is 2.06. The Kier molecular flexibility index (Phi) is 2.78. The van der Waals surface area contributed by atoms with Crippen LogP contribution in [0.25, 0.3) is 0 Å². The minimum Gasteiger partial charge on any atom is -0.258 e. The number of hydrogen-bond donors (Lipinski definition) is 1. The van der Waals surface area contributed by atoms with Crippen LogP contribution in [0.4, 0.5) is 11.4 Å². The van der Waals surface area contributed by atoms with E-state index in [1.165, 1.54) is 12.1 Å². The third-order valence-corrected chi connectivity index (χ3v) is 1.68. The standard InChI is InChI=1S/C6H5ClN2O2S/c7-8(12)5-2-1-3-6(4-5)9(10)11/h1-4,12H. The highest BCUT2D eigenvalue weighted by Crippen LogP contribution is 2.23. The van der Waals surface area contributed by atoms with Gasteiger partial charge in [-0.2, -0.15) is 0 Å². The molecule has 0 amide bonds. The molecule has 0 aromatic heterocycles. The summed E-state index contributed by atoms with van der Waals surface area (Å²) in [7, 11) is 0. The first-order chi connectivity index (χ1) is 5.61. The predicted molar refractivity (Wildman–Crippen MR) is 50.4 cm³/mol. The van der Waals surface area contributed by atoms with Crippen LogP contribution >= 0.6 is 24.6 Å². The second-order valence-electron chi connectivity index (χ2n) is 2.04. The monoisotopic (exact) mass is 204 g/mol. The van der Waals surface area contributed by atoms with Gasteiger partial charge in [0.2, 0.25) is 0 Å². The van der Waals surface area contributed by atoms with Crippen molar-refractivity contribution in [3.63, 3.8) is 0 Å². The van der Waals surface area contributed by atoms with Crippen molar-refractivity contribution in [1.29, 1.82) is 0 Å². The fourth-order valence-electron chi connectivity index (χ4n) is 0.721. The van der Waals surface area contributed by atoms with E-state index in [4.69, 9.17) is 11.8 Å². The Bertz CT molecular complexity index is 305. The van der Waals surface area contributed by atoms with E-state index in [-0.39, 0.29) is 5.69 Å². The van der Waals surface area contributed by atoms with Crippen LogP contribution in [0.15, 0.2) is 24.3 Å². The zero-order chi connectivity index (χ0) is 9.14. The molecule has 0 aliphatic heterocycles. The number of hydrogen-bond acceptors (Lipinski definition) is 4. The van der Waals surface area contributed by atoms with Gasteiger partial charge in [0.15, 0.2) is 0 Å². The molecule has 0 radical (unpaired) electrons. The number of non-ortho nitro benzene ring substituents is 1. The lowest BCUT2D eigenvalue weighted by atomic mass is 10.3. The minimum atomic E-state index is -0.488. The van der Waals surface area contributed by atoms with Crippen LogP contribution in [0.5, 0.6) is 0 Å². The van der Waals surface area contributed by atoms with Gasteiger partial charge in [-0.1, -0.05) is 6.07 Å². The van der Waals surface area contributed by atoms with Crippen molar-refractivity contribution in [3.8, 4) is 0 Å². The summed E-state index contributed by atoms with van der Waals surface area (Å²) in [4.78, 5) is 9.81. The quantitative estimate of drug-likeness (QED) is 0.348. The fraction of sp³-hybridized carbons (Fsp3) is 0. The maximum Gasteiger partial charge on any atom is 0.271 e. The largest absolute Gasteiger partial charge is 0.271 e. The first kappa shape index (κ1) is 9.15. The molecule has 0 atom stereocenters. The van der Waals surface area contributed by atoms with Gasteiger partial charge in [0.25, 0.3) is 5.69 Å². The van der Waals surface area contributed by atoms with E-state index in [0.717, 1.165) is 3.82 Å². The number of rotatable bonds is 2. The Morgan fingerprint density at radius 2 is 2.25 bits per heavy atom. The van der Waals surface area contributed by atoms with Gasteiger partial charge in [0, 0.05) is 23.9 Å². The van der Waals surface area contributed by atoms with E-state index in [0.29, 0.717) is 5.69 Å². The van der Waals surface area contributed by atoms with Crippen molar-refractivity contribution in [3.05, 3.63) is 34.4 Å². The van der Waals surface area contributed by atoms with Crippen LogP contribution in [-0.4, -0.2) is 4.92 Å². The second kappa shape index (κ2) is 3.64. The van der Waals surface area contributed by atoms with Gasteiger partial charge in [-0.3, -0.25) is 10.1 Å². The molecular formula is C6H5ClN2O2S. The molecule has 0 fully saturated rings. The molecule has 1 aromatic carbocycles. The SMILES string of the molecule is O=[N+]([O-])c1cccc(N(S)Cl)c1. The highest BCUT2D eigenvalue weighted by atomic mass is 35.5. The molecule has 0 spiro atoms. The van der Waals surface area contributed by atoms with Gasteiger partial charge >= 0.3 is 0 Å². The van der Waals surface area contributed by atoms with E-state index in [9.17, 15) is 10.1 Å². The predicted octanol–water partition coefficient (Wildman–Crippen LogP) is 2.40. The molecule has 4 nitrogen and oxygen atoms in total. The van der Waals surface area contributed by atoms with Crippen LogP contribution in [-0.2, 0) is 0 Å². The fourth-order valence-corrected chi connectivity index (χ4v) is 0.951. The van der Waals surface area contributed by atoms with Crippen molar-refractivity contribution in [2.45, 2.75) is 0 Å². The first-order valence-corrected chi connectivity index (χ1v) is 3.74. The minimum absolute atomic E-state index is 0.00722. The smallest absolute Gasteiger partial charge is 0.258 e. The molecule has 0 aliphatic carbocycles. The summed E-state index contributed by atoms with van der Waals surface area (Å²) < 4.78 is 0.993. The molecule has 0 unspecified atom stereocenters. The molecule has 1 rings (SSSR count). The molecule has 0 N–H and O–H groups in total. The Balaban J connectivity index is 3.04. The summed E-state index contributed by atoms with van der Waals surface area (Å²) in [6, 6.07) is 5.88. The van der Waals surface area contributed by atoms with Gasteiger partial charge < -0.3 is 0 Å². The Labute approximate surface area is 79.5 Å². The molecule has 0 aliphatic rings. The van der Waals surface area contributed by atoms with Gasteiger partial charge in [-0.15, -0.1) is 0 Å². The summed E-state index contributed by atoms with van der Waals surface area (Å²) in [6.07, 6.45) is 0. The Morgan fingerprint density at radius 3 is 2.75 bits per heavy atom. The summed E-state index contributed by atoms with van der Waals surface area (Å²) in [5.74, 6) is 0. The van der Waals surface area contributed by atoms with E-state index in [1.54, 1.807) is 12.1 Å². The van der Waals surface area contributed by atoms with E-state index >= 15 is 0 Å². The molecule has 0 saturated heterocycles. The Hall–Kier alpha value is -0.940. The molecule has 0 bridgehead atoms. The van der Waals surface area contributed by atoms with Crippen LogP contribution in [0, 0.1) is 10.1 Å². The van der Waals surface area contributed by atoms with E-state index in [1.807, 2.05) is 0 Å². The van der Waals surface area contributed by atoms with Crippen LogP contribution in [0.3, 0.4) is 0 Å². The number of nitro groups is 1. The summed E-state index contributed by atoms with van der Waals surface area (Å²) >= 11 is 9.23. The third kappa shape index (κ3) is 2.02. The van der Waals surface area contributed by atoms with Gasteiger partial charge in [0.05, 0.1) is 10.6 Å². The summed E-state index contributed by atoms with van der Waals surface area (Å²) in [6.45, 7) is 0. The zero-order valence-electron chi connectivity index (χ0n) is 5.85.